The Bertz CT molecular complexity index is 636. The van der Waals surface area contributed by atoms with Crippen molar-refractivity contribution in [3.63, 3.8) is 0 Å². The predicted molar refractivity (Wildman–Crippen MR) is 68.1 cm³/mol. The minimum atomic E-state index is -3.68. The number of methoxy groups -OCH3 is 1. The van der Waals surface area contributed by atoms with E-state index in [2.05, 4.69) is 14.9 Å². The maximum atomic E-state index is 12.0. The fourth-order valence-electron chi connectivity index (χ4n) is 1.15. The van der Waals surface area contributed by atoms with E-state index in [0.29, 0.717) is 5.69 Å². The number of nitrogens with two attached hydrogens (primary N) is 1. The van der Waals surface area contributed by atoms with Crippen LogP contribution in [0.5, 0.6) is 5.19 Å². The summed E-state index contributed by atoms with van der Waals surface area (Å²) in [5, 5.41) is 7.69. The first-order valence-corrected chi connectivity index (χ1v) is 7.07. The van der Waals surface area contributed by atoms with Gasteiger partial charge in [0.15, 0.2) is 0 Å². The highest BCUT2D eigenvalue weighted by molar-refractivity contribution is 7.93. The van der Waals surface area contributed by atoms with Gasteiger partial charge in [-0.2, -0.15) is 0 Å². The summed E-state index contributed by atoms with van der Waals surface area (Å²) < 4.78 is 31.0. The molecule has 0 aliphatic heterocycles. The molecule has 0 aliphatic rings. The van der Waals surface area contributed by atoms with Gasteiger partial charge >= 0.3 is 0 Å². The van der Waals surface area contributed by atoms with E-state index in [1.165, 1.54) is 31.4 Å². The Labute approximate surface area is 108 Å². The number of aromatic nitrogens is 2. The Morgan fingerprint density at radius 1 is 1.28 bits per heavy atom. The van der Waals surface area contributed by atoms with Crippen molar-refractivity contribution in [2.75, 3.05) is 17.6 Å². The summed E-state index contributed by atoms with van der Waals surface area (Å²) in [6.07, 6.45) is 0. The topological polar surface area (TPSA) is 107 Å². The number of ether oxygens (including phenoxy) is 1. The minimum absolute atomic E-state index is 0.103. The van der Waals surface area contributed by atoms with Crippen LogP contribution in [0, 0.1) is 0 Å². The van der Waals surface area contributed by atoms with E-state index in [9.17, 15) is 8.42 Å². The van der Waals surface area contributed by atoms with Crippen LogP contribution < -0.4 is 15.2 Å². The number of hydrogen-bond donors (Lipinski definition) is 2. The van der Waals surface area contributed by atoms with Gasteiger partial charge in [0, 0.05) is 5.69 Å². The first-order valence-electron chi connectivity index (χ1n) is 4.77. The number of anilines is 2. The number of nitrogen functional groups attached to an aromatic ring is 1. The van der Waals surface area contributed by atoms with Crippen LogP contribution in [0.3, 0.4) is 0 Å². The maximum absolute atomic E-state index is 12.0. The van der Waals surface area contributed by atoms with Crippen molar-refractivity contribution in [1.29, 1.82) is 0 Å². The van der Waals surface area contributed by atoms with Gasteiger partial charge in [0.05, 0.1) is 12.0 Å². The van der Waals surface area contributed by atoms with E-state index < -0.39 is 10.0 Å². The van der Waals surface area contributed by atoms with Crippen LogP contribution in [0.4, 0.5) is 10.8 Å². The molecule has 0 spiro atoms. The summed E-state index contributed by atoms with van der Waals surface area (Å²) in [5.41, 5.74) is 5.98. The zero-order valence-corrected chi connectivity index (χ0v) is 11.0. The van der Waals surface area contributed by atoms with Gasteiger partial charge in [-0.15, -0.1) is 5.10 Å². The number of rotatable bonds is 4. The van der Waals surface area contributed by atoms with Crippen molar-refractivity contribution < 1.29 is 13.2 Å². The molecular formula is C9H10N4O3S2. The van der Waals surface area contributed by atoms with E-state index in [0.717, 1.165) is 11.3 Å². The monoisotopic (exact) mass is 286 g/mol. The molecule has 2 aromatic rings. The average molecular weight is 286 g/mol. The molecule has 0 fully saturated rings. The van der Waals surface area contributed by atoms with Crippen LogP contribution in [-0.2, 0) is 10.0 Å². The zero-order chi connectivity index (χ0) is 13.2. The molecule has 0 aliphatic carbocycles. The lowest BCUT2D eigenvalue weighted by Gasteiger charge is -2.04. The normalized spacial score (nSPS) is 11.2. The van der Waals surface area contributed by atoms with Crippen molar-refractivity contribution in [2.24, 2.45) is 0 Å². The van der Waals surface area contributed by atoms with Crippen LogP contribution in [0.15, 0.2) is 29.2 Å². The summed E-state index contributed by atoms with van der Waals surface area (Å²) in [4.78, 5) is 0.103. The van der Waals surface area contributed by atoms with Gasteiger partial charge in [-0.05, 0) is 35.6 Å². The highest BCUT2D eigenvalue weighted by atomic mass is 32.2. The zero-order valence-electron chi connectivity index (χ0n) is 9.32. The molecule has 18 heavy (non-hydrogen) atoms. The van der Waals surface area contributed by atoms with Gasteiger partial charge < -0.3 is 10.5 Å². The smallest absolute Gasteiger partial charge is 0.295 e. The first-order chi connectivity index (χ1) is 8.51. The Balaban J connectivity index is 2.24. The van der Waals surface area contributed by atoms with E-state index in [-0.39, 0.29) is 15.2 Å². The molecule has 0 radical (unpaired) electrons. The fourth-order valence-corrected chi connectivity index (χ4v) is 2.95. The Morgan fingerprint density at radius 2 is 1.94 bits per heavy atom. The van der Waals surface area contributed by atoms with Gasteiger partial charge in [-0.1, -0.05) is 5.10 Å². The van der Waals surface area contributed by atoms with Crippen LogP contribution in [-0.4, -0.2) is 25.7 Å². The molecule has 1 aromatic heterocycles. The second-order valence-corrected chi connectivity index (χ2v) is 5.87. The van der Waals surface area contributed by atoms with Crippen LogP contribution in [0.1, 0.15) is 0 Å². The second-order valence-electron chi connectivity index (χ2n) is 3.25. The number of nitrogens with one attached hydrogen (secondary N) is 1. The Hall–Kier alpha value is -1.87. The number of nitrogens with zero attached hydrogens (tertiary/aromatic N) is 2. The van der Waals surface area contributed by atoms with Crippen molar-refractivity contribution >= 4 is 32.2 Å². The average Bonchev–Trinajstić information content (AvgIpc) is 2.76. The molecule has 0 unspecified atom stereocenters. The Kier molecular flexibility index (Phi) is 3.34. The summed E-state index contributed by atoms with van der Waals surface area (Å²) >= 11 is 0.998. The molecule has 0 atom stereocenters. The lowest BCUT2D eigenvalue weighted by Crippen LogP contribution is -2.12. The third-order valence-corrected chi connectivity index (χ3v) is 4.28. The highest BCUT2D eigenvalue weighted by Crippen LogP contribution is 2.24. The van der Waals surface area contributed by atoms with Crippen molar-refractivity contribution in [3.05, 3.63) is 24.3 Å². The summed E-state index contributed by atoms with van der Waals surface area (Å²) in [6, 6.07) is 5.84. The van der Waals surface area contributed by atoms with Gasteiger partial charge in [0.1, 0.15) is 0 Å². The largest absolute Gasteiger partial charge is 0.472 e. The third kappa shape index (κ3) is 2.68. The lowest BCUT2D eigenvalue weighted by atomic mass is 10.3. The molecule has 3 N–H and O–H groups in total. The second kappa shape index (κ2) is 4.78. The molecule has 0 saturated carbocycles. The van der Waals surface area contributed by atoms with Gasteiger partial charge in [-0.25, -0.2) is 8.42 Å². The van der Waals surface area contributed by atoms with Gasteiger partial charge in [0.2, 0.25) is 5.13 Å². The van der Waals surface area contributed by atoms with E-state index >= 15 is 0 Å². The predicted octanol–water partition coefficient (Wildman–Crippen LogP) is 0.930. The lowest BCUT2D eigenvalue weighted by molar-refractivity contribution is 0.407. The van der Waals surface area contributed by atoms with Crippen LogP contribution in [0.25, 0.3) is 0 Å². The highest BCUT2D eigenvalue weighted by Gasteiger charge is 2.16. The van der Waals surface area contributed by atoms with Crippen molar-refractivity contribution in [3.8, 4) is 5.19 Å². The summed E-state index contributed by atoms with van der Waals surface area (Å²) in [5.74, 6) is 0. The quantitative estimate of drug-likeness (QED) is 0.810. The molecule has 1 aromatic carbocycles. The van der Waals surface area contributed by atoms with E-state index in [1.54, 1.807) is 0 Å². The molecule has 1 heterocycles. The van der Waals surface area contributed by atoms with Crippen LogP contribution in [0.2, 0.25) is 0 Å². The maximum Gasteiger partial charge on any atom is 0.295 e. The molecule has 0 saturated heterocycles. The van der Waals surface area contributed by atoms with Gasteiger partial charge in [0.25, 0.3) is 15.2 Å². The fraction of sp³-hybridized carbons (Fsp3) is 0.111. The minimum Gasteiger partial charge on any atom is -0.472 e. The van der Waals surface area contributed by atoms with Gasteiger partial charge in [-0.3, -0.25) is 4.72 Å². The first kappa shape index (κ1) is 12.6. The summed E-state index contributed by atoms with van der Waals surface area (Å²) in [6.45, 7) is 0. The molecule has 7 nitrogen and oxygen atoms in total. The Morgan fingerprint density at radius 3 is 2.50 bits per heavy atom. The number of hydrogen-bond acceptors (Lipinski definition) is 7. The summed E-state index contributed by atoms with van der Waals surface area (Å²) in [7, 11) is -2.25. The third-order valence-electron chi connectivity index (χ3n) is 1.99. The molecule has 0 bridgehead atoms. The number of sulfonamides is 1. The SMILES string of the molecule is COc1nnc(NS(=O)(=O)c2ccc(N)cc2)s1. The molecular weight excluding hydrogens is 276 g/mol. The molecule has 0 amide bonds. The van der Waals surface area contributed by atoms with Crippen molar-refractivity contribution in [2.45, 2.75) is 4.90 Å². The number of benzene rings is 1. The molecule has 96 valence electrons. The molecule has 9 heteroatoms. The standard InChI is InChI=1S/C9H10N4O3S2/c1-16-9-12-11-8(17-9)13-18(14,15)7-4-2-6(10)3-5-7/h2-5H,10H2,1H3,(H,11,13). The van der Waals surface area contributed by atoms with Crippen molar-refractivity contribution in [1.82, 2.24) is 10.2 Å². The van der Waals surface area contributed by atoms with E-state index in [4.69, 9.17) is 10.5 Å². The van der Waals surface area contributed by atoms with Crippen LogP contribution >= 0.6 is 11.3 Å². The molecule has 2 rings (SSSR count). The van der Waals surface area contributed by atoms with E-state index in [1.807, 2.05) is 0 Å².